The summed E-state index contributed by atoms with van der Waals surface area (Å²) >= 11 is 1.10. The van der Waals surface area contributed by atoms with Gasteiger partial charge in [0.2, 0.25) is 11.8 Å². The van der Waals surface area contributed by atoms with E-state index in [2.05, 4.69) is 20.6 Å². The molecular formula is C11H16N4O3S. The van der Waals surface area contributed by atoms with Crippen LogP contribution in [0, 0.1) is 0 Å². The first kappa shape index (κ1) is 15.2. The standard InChI is InChI=1S/C11H16N4O3S/c1-7(2)14-9(17)5-13-10(18)6-19-11-12-4-3-8(16)15-11/h3-4,7H,5-6H2,1-2H3,(H,13,18)(H,14,17)(H,12,15,16). The predicted octanol–water partition coefficient (Wildman–Crippen LogP) is -0.497. The van der Waals surface area contributed by atoms with Crippen LogP contribution in [0.3, 0.4) is 0 Å². The molecule has 0 unspecified atom stereocenters. The third kappa shape index (κ3) is 6.61. The van der Waals surface area contributed by atoms with E-state index in [4.69, 9.17) is 0 Å². The van der Waals surface area contributed by atoms with Gasteiger partial charge in [0.15, 0.2) is 5.16 Å². The van der Waals surface area contributed by atoms with E-state index in [-0.39, 0.29) is 35.7 Å². The second kappa shape index (κ2) is 7.57. The minimum Gasteiger partial charge on any atom is -0.352 e. The average Bonchev–Trinajstić information content (AvgIpc) is 2.33. The third-order valence-electron chi connectivity index (χ3n) is 1.88. The summed E-state index contributed by atoms with van der Waals surface area (Å²) < 4.78 is 0. The topological polar surface area (TPSA) is 104 Å². The zero-order chi connectivity index (χ0) is 14.3. The molecule has 1 rings (SSSR count). The van der Waals surface area contributed by atoms with E-state index in [9.17, 15) is 14.4 Å². The van der Waals surface area contributed by atoms with Gasteiger partial charge in [0, 0.05) is 18.3 Å². The third-order valence-corrected chi connectivity index (χ3v) is 2.77. The van der Waals surface area contributed by atoms with E-state index >= 15 is 0 Å². The second-order valence-corrected chi connectivity index (χ2v) is 4.99. The van der Waals surface area contributed by atoms with E-state index in [0.29, 0.717) is 5.16 Å². The summed E-state index contributed by atoms with van der Waals surface area (Å²) in [4.78, 5) is 40.1. The maximum absolute atomic E-state index is 11.5. The molecule has 0 saturated heterocycles. The van der Waals surface area contributed by atoms with E-state index in [1.807, 2.05) is 13.8 Å². The number of aromatic amines is 1. The number of nitrogens with zero attached hydrogens (tertiary/aromatic N) is 1. The van der Waals surface area contributed by atoms with Gasteiger partial charge in [-0.1, -0.05) is 11.8 Å². The normalized spacial score (nSPS) is 10.3. The number of thioether (sulfide) groups is 1. The quantitative estimate of drug-likeness (QED) is 0.483. The van der Waals surface area contributed by atoms with Gasteiger partial charge in [-0.3, -0.25) is 14.4 Å². The highest BCUT2D eigenvalue weighted by atomic mass is 32.2. The summed E-state index contributed by atoms with van der Waals surface area (Å²) in [7, 11) is 0. The van der Waals surface area contributed by atoms with Crippen LogP contribution in [0.25, 0.3) is 0 Å². The summed E-state index contributed by atoms with van der Waals surface area (Å²) in [5, 5.41) is 5.51. The molecule has 0 aliphatic rings. The number of hydrogen-bond donors (Lipinski definition) is 3. The van der Waals surface area contributed by atoms with Gasteiger partial charge < -0.3 is 15.6 Å². The number of hydrogen-bond acceptors (Lipinski definition) is 5. The van der Waals surface area contributed by atoms with Gasteiger partial charge in [0.1, 0.15) is 0 Å². The molecule has 104 valence electrons. The van der Waals surface area contributed by atoms with Crippen LogP contribution >= 0.6 is 11.8 Å². The number of carbonyl (C=O) groups excluding carboxylic acids is 2. The Morgan fingerprint density at radius 1 is 1.42 bits per heavy atom. The fraction of sp³-hybridized carbons (Fsp3) is 0.455. The maximum atomic E-state index is 11.5. The van der Waals surface area contributed by atoms with Crippen molar-refractivity contribution >= 4 is 23.6 Å². The van der Waals surface area contributed by atoms with Gasteiger partial charge in [0.25, 0.3) is 5.56 Å². The molecule has 0 radical (unpaired) electrons. The molecule has 0 fully saturated rings. The van der Waals surface area contributed by atoms with Crippen LogP contribution in [-0.4, -0.2) is 40.1 Å². The number of H-pyrrole nitrogens is 1. The van der Waals surface area contributed by atoms with Crippen molar-refractivity contribution in [3.8, 4) is 0 Å². The van der Waals surface area contributed by atoms with Crippen LogP contribution in [0.5, 0.6) is 0 Å². The summed E-state index contributed by atoms with van der Waals surface area (Å²) in [5.74, 6) is -0.447. The average molecular weight is 284 g/mol. The van der Waals surface area contributed by atoms with E-state index in [1.54, 1.807) is 0 Å². The molecular weight excluding hydrogens is 268 g/mol. The van der Waals surface area contributed by atoms with Crippen molar-refractivity contribution < 1.29 is 9.59 Å². The molecule has 0 aromatic carbocycles. The lowest BCUT2D eigenvalue weighted by Crippen LogP contribution is -2.40. The van der Waals surface area contributed by atoms with Crippen molar-refractivity contribution in [2.24, 2.45) is 0 Å². The molecule has 1 heterocycles. The molecule has 0 saturated carbocycles. The Morgan fingerprint density at radius 2 is 2.16 bits per heavy atom. The predicted molar refractivity (Wildman–Crippen MR) is 71.9 cm³/mol. The molecule has 1 aromatic rings. The Hall–Kier alpha value is -1.83. The molecule has 0 atom stereocenters. The van der Waals surface area contributed by atoms with Gasteiger partial charge in [0.05, 0.1) is 12.3 Å². The molecule has 0 aliphatic carbocycles. The highest BCUT2D eigenvalue weighted by molar-refractivity contribution is 7.99. The molecule has 0 bridgehead atoms. The van der Waals surface area contributed by atoms with Crippen LogP contribution in [0.2, 0.25) is 0 Å². The van der Waals surface area contributed by atoms with Gasteiger partial charge in [-0.15, -0.1) is 0 Å². The lowest BCUT2D eigenvalue weighted by atomic mass is 10.4. The zero-order valence-corrected chi connectivity index (χ0v) is 11.5. The smallest absolute Gasteiger partial charge is 0.251 e. The van der Waals surface area contributed by atoms with E-state index in [0.717, 1.165) is 11.8 Å². The molecule has 3 N–H and O–H groups in total. The molecule has 0 spiro atoms. The number of carbonyl (C=O) groups is 2. The Kier molecular flexibility index (Phi) is 6.07. The fourth-order valence-corrected chi connectivity index (χ4v) is 1.84. The Labute approximate surface area is 114 Å². The van der Waals surface area contributed by atoms with Crippen LogP contribution in [-0.2, 0) is 9.59 Å². The fourth-order valence-electron chi connectivity index (χ4n) is 1.16. The largest absolute Gasteiger partial charge is 0.352 e. The first-order valence-electron chi connectivity index (χ1n) is 5.71. The Balaban J connectivity index is 2.28. The molecule has 1 aromatic heterocycles. The van der Waals surface area contributed by atoms with Crippen LogP contribution in [0.1, 0.15) is 13.8 Å². The lowest BCUT2D eigenvalue weighted by molar-refractivity contribution is -0.125. The van der Waals surface area contributed by atoms with Crippen molar-refractivity contribution in [2.75, 3.05) is 12.3 Å². The Bertz CT molecular complexity index is 501. The van der Waals surface area contributed by atoms with Crippen LogP contribution in [0.15, 0.2) is 22.2 Å². The summed E-state index contributed by atoms with van der Waals surface area (Å²) in [5.41, 5.74) is -0.269. The first-order valence-corrected chi connectivity index (χ1v) is 6.70. The summed E-state index contributed by atoms with van der Waals surface area (Å²) in [6.07, 6.45) is 1.37. The lowest BCUT2D eigenvalue weighted by Gasteiger charge is -2.08. The Morgan fingerprint density at radius 3 is 2.79 bits per heavy atom. The molecule has 2 amide bonds. The van der Waals surface area contributed by atoms with Crippen molar-refractivity contribution in [3.63, 3.8) is 0 Å². The highest BCUT2D eigenvalue weighted by Crippen LogP contribution is 2.08. The zero-order valence-electron chi connectivity index (χ0n) is 10.7. The van der Waals surface area contributed by atoms with Crippen molar-refractivity contribution in [1.29, 1.82) is 0 Å². The van der Waals surface area contributed by atoms with Crippen molar-refractivity contribution in [2.45, 2.75) is 25.0 Å². The van der Waals surface area contributed by atoms with Crippen molar-refractivity contribution in [3.05, 3.63) is 22.6 Å². The van der Waals surface area contributed by atoms with Gasteiger partial charge >= 0.3 is 0 Å². The monoisotopic (exact) mass is 284 g/mol. The van der Waals surface area contributed by atoms with Crippen LogP contribution in [0.4, 0.5) is 0 Å². The first-order chi connectivity index (χ1) is 8.97. The summed E-state index contributed by atoms with van der Waals surface area (Å²) in [6, 6.07) is 1.33. The van der Waals surface area contributed by atoms with Crippen LogP contribution < -0.4 is 16.2 Å². The molecule has 7 nitrogen and oxygen atoms in total. The number of rotatable bonds is 6. The second-order valence-electron chi connectivity index (χ2n) is 4.03. The van der Waals surface area contributed by atoms with E-state index in [1.165, 1.54) is 12.3 Å². The number of aromatic nitrogens is 2. The SMILES string of the molecule is CC(C)NC(=O)CNC(=O)CSc1nccc(=O)[nH]1. The van der Waals surface area contributed by atoms with E-state index < -0.39 is 0 Å². The molecule has 8 heteroatoms. The van der Waals surface area contributed by atoms with Crippen molar-refractivity contribution in [1.82, 2.24) is 20.6 Å². The van der Waals surface area contributed by atoms with Gasteiger partial charge in [-0.2, -0.15) is 0 Å². The maximum Gasteiger partial charge on any atom is 0.251 e. The number of amides is 2. The molecule has 19 heavy (non-hydrogen) atoms. The number of nitrogens with one attached hydrogen (secondary N) is 3. The summed E-state index contributed by atoms with van der Waals surface area (Å²) in [6.45, 7) is 3.62. The minimum atomic E-state index is -0.296. The van der Waals surface area contributed by atoms with Gasteiger partial charge in [-0.05, 0) is 13.8 Å². The highest BCUT2D eigenvalue weighted by Gasteiger charge is 2.07. The minimum absolute atomic E-state index is 0.0392. The molecule has 0 aliphatic heterocycles. The van der Waals surface area contributed by atoms with Gasteiger partial charge in [-0.25, -0.2) is 4.98 Å².